The molecule has 2 heterocycles. The lowest BCUT2D eigenvalue weighted by molar-refractivity contribution is 0.0697. The fraction of sp³-hybridized carbons (Fsp3) is 0.500. The highest BCUT2D eigenvalue weighted by Gasteiger charge is 2.21. The second-order valence-electron chi connectivity index (χ2n) is 5.90. The zero-order valence-corrected chi connectivity index (χ0v) is 12.4. The Morgan fingerprint density at radius 1 is 1.30 bits per heavy atom. The van der Waals surface area contributed by atoms with Crippen LogP contribution in [0.1, 0.15) is 35.9 Å². The van der Waals surface area contributed by atoms with E-state index < -0.39 is 0 Å². The number of aryl methyl sites for hydroxylation is 2. The van der Waals surface area contributed by atoms with Crippen molar-refractivity contribution in [3.63, 3.8) is 0 Å². The van der Waals surface area contributed by atoms with Crippen molar-refractivity contribution in [2.45, 2.75) is 26.7 Å². The molecule has 1 aromatic carbocycles. The first-order valence-electron chi connectivity index (χ1n) is 7.28. The van der Waals surface area contributed by atoms with Gasteiger partial charge in [0.05, 0.1) is 11.0 Å². The molecule has 0 unspecified atom stereocenters. The van der Waals surface area contributed by atoms with Gasteiger partial charge in [0.25, 0.3) is 5.91 Å². The molecule has 0 radical (unpaired) electrons. The van der Waals surface area contributed by atoms with Gasteiger partial charge in [0, 0.05) is 25.7 Å². The highest BCUT2D eigenvalue weighted by Crippen LogP contribution is 2.21. The summed E-state index contributed by atoms with van der Waals surface area (Å²) in [7, 11) is 2.00. The summed E-state index contributed by atoms with van der Waals surface area (Å²) in [5.74, 6) is 1.85. The Kier molecular flexibility index (Phi) is 3.24. The molecule has 1 aromatic heterocycles. The quantitative estimate of drug-likeness (QED) is 0.800. The smallest absolute Gasteiger partial charge is 0.253 e. The molecule has 1 aliphatic heterocycles. The second-order valence-corrected chi connectivity index (χ2v) is 5.90. The van der Waals surface area contributed by atoms with E-state index in [1.165, 1.54) is 0 Å². The number of aromatic nitrogens is 2. The number of rotatable bonds is 1. The van der Waals surface area contributed by atoms with Gasteiger partial charge in [0.15, 0.2) is 0 Å². The van der Waals surface area contributed by atoms with Crippen LogP contribution in [0.25, 0.3) is 11.0 Å². The standard InChI is InChI=1S/C16H21N3O/c1-11-6-8-19(9-7-11)16(20)13-4-5-15-14(10-13)17-12(2)18(15)3/h4-5,10-11H,6-9H2,1-3H3. The number of likely N-dealkylation sites (tertiary alicyclic amines) is 1. The van der Waals surface area contributed by atoms with E-state index in [1.807, 2.05) is 41.6 Å². The average Bonchev–Trinajstić information content (AvgIpc) is 2.74. The van der Waals surface area contributed by atoms with Gasteiger partial charge in [-0.15, -0.1) is 0 Å². The number of benzene rings is 1. The number of hydrogen-bond donors (Lipinski definition) is 0. The van der Waals surface area contributed by atoms with Crippen molar-refractivity contribution < 1.29 is 4.79 Å². The molecular formula is C16H21N3O. The highest BCUT2D eigenvalue weighted by molar-refractivity contribution is 5.97. The minimum absolute atomic E-state index is 0.141. The highest BCUT2D eigenvalue weighted by atomic mass is 16.2. The van der Waals surface area contributed by atoms with E-state index in [2.05, 4.69) is 11.9 Å². The molecule has 2 aromatic rings. The monoisotopic (exact) mass is 271 g/mol. The van der Waals surface area contributed by atoms with Crippen LogP contribution < -0.4 is 0 Å². The summed E-state index contributed by atoms with van der Waals surface area (Å²) in [4.78, 5) is 19.0. The summed E-state index contributed by atoms with van der Waals surface area (Å²) >= 11 is 0. The van der Waals surface area contributed by atoms with Gasteiger partial charge in [0.2, 0.25) is 0 Å². The van der Waals surface area contributed by atoms with Crippen molar-refractivity contribution in [2.75, 3.05) is 13.1 Å². The summed E-state index contributed by atoms with van der Waals surface area (Å²) in [6.07, 6.45) is 2.22. The molecule has 1 aliphatic rings. The van der Waals surface area contributed by atoms with Crippen molar-refractivity contribution in [2.24, 2.45) is 13.0 Å². The summed E-state index contributed by atoms with van der Waals surface area (Å²) in [5.41, 5.74) is 2.73. The van der Waals surface area contributed by atoms with E-state index in [0.29, 0.717) is 0 Å². The Balaban J connectivity index is 1.88. The molecule has 4 nitrogen and oxygen atoms in total. The van der Waals surface area contributed by atoms with Crippen LogP contribution in [-0.2, 0) is 7.05 Å². The van der Waals surface area contributed by atoms with Crippen LogP contribution in [-0.4, -0.2) is 33.4 Å². The first-order chi connectivity index (χ1) is 9.56. The van der Waals surface area contributed by atoms with Crippen molar-refractivity contribution in [3.05, 3.63) is 29.6 Å². The van der Waals surface area contributed by atoms with E-state index in [9.17, 15) is 4.79 Å². The number of carbonyl (C=O) groups is 1. The van der Waals surface area contributed by atoms with Gasteiger partial charge in [-0.1, -0.05) is 6.92 Å². The Labute approximate surface area is 119 Å². The Morgan fingerprint density at radius 3 is 2.70 bits per heavy atom. The number of nitrogens with zero attached hydrogens (tertiary/aromatic N) is 3. The maximum Gasteiger partial charge on any atom is 0.253 e. The van der Waals surface area contributed by atoms with E-state index >= 15 is 0 Å². The van der Waals surface area contributed by atoms with Crippen LogP contribution in [0.2, 0.25) is 0 Å². The number of imidazole rings is 1. The molecule has 1 fully saturated rings. The lowest BCUT2D eigenvalue weighted by atomic mass is 9.98. The molecule has 3 rings (SSSR count). The van der Waals surface area contributed by atoms with E-state index in [1.54, 1.807) is 0 Å². The van der Waals surface area contributed by atoms with Gasteiger partial charge in [-0.2, -0.15) is 0 Å². The van der Waals surface area contributed by atoms with Gasteiger partial charge >= 0.3 is 0 Å². The number of fused-ring (bicyclic) bond motifs is 1. The number of amides is 1. The molecule has 4 heteroatoms. The first kappa shape index (κ1) is 13.2. The predicted molar refractivity (Wildman–Crippen MR) is 79.8 cm³/mol. The largest absolute Gasteiger partial charge is 0.339 e. The van der Waals surface area contributed by atoms with Crippen LogP contribution in [0.4, 0.5) is 0 Å². The molecule has 0 aliphatic carbocycles. The summed E-state index contributed by atoms with van der Waals surface area (Å²) in [6, 6.07) is 5.83. The van der Waals surface area contributed by atoms with E-state index in [4.69, 9.17) is 0 Å². The van der Waals surface area contributed by atoms with E-state index in [-0.39, 0.29) is 5.91 Å². The molecule has 106 valence electrons. The third-order valence-electron chi connectivity index (χ3n) is 4.42. The van der Waals surface area contributed by atoms with Crippen LogP contribution in [0.3, 0.4) is 0 Å². The minimum Gasteiger partial charge on any atom is -0.339 e. The van der Waals surface area contributed by atoms with Crippen molar-refractivity contribution in [1.29, 1.82) is 0 Å². The Bertz CT molecular complexity index is 651. The third kappa shape index (κ3) is 2.19. The molecule has 20 heavy (non-hydrogen) atoms. The molecule has 1 amide bonds. The van der Waals surface area contributed by atoms with Crippen LogP contribution >= 0.6 is 0 Å². The van der Waals surface area contributed by atoms with Crippen molar-refractivity contribution >= 4 is 16.9 Å². The summed E-state index contributed by atoms with van der Waals surface area (Å²) in [6.45, 7) is 5.98. The molecule has 0 bridgehead atoms. The maximum atomic E-state index is 12.5. The van der Waals surface area contributed by atoms with Crippen LogP contribution in [0.5, 0.6) is 0 Å². The lowest BCUT2D eigenvalue weighted by Crippen LogP contribution is -2.37. The van der Waals surface area contributed by atoms with Gasteiger partial charge in [0.1, 0.15) is 5.82 Å². The molecule has 1 saturated heterocycles. The fourth-order valence-corrected chi connectivity index (χ4v) is 2.85. The summed E-state index contributed by atoms with van der Waals surface area (Å²) in [5, 5.41) is 0. The lowest BCUT2D eigenvalue weighted by Gasteiger charge is -2.30. The minimum atomic E-state index is 0.141. The van der Waals surface area contributed by atoms with Gasteiger partial charge in [-0.05, 0) is 43.9 Å². The Hall–Kier alpha value is -1.84. The topological polar surface area (TPSA) is 38.1 Å². The molecule has 0 atom stereocenters. The number of carbonyl (C=O) groups excluding carboxylic acids is 1. The van der Waals surface area contributed by atoms with Crippen LogP contribution in [0, 0.1) is 12.8 Å². The van der Waals surface area contributed by atoms with Gasteiger partial charge in [-0.3, -0.25) is 4.79 Å². The van der Waals surface area contributed by atoms with E-state index in [0.717, 1.165) is 54.3 Å². The molecule has 0 saturated carbocycles. The zero-order chi connectivity index (χ0) is 14.3. The first-order valence-corrected chi connectivity index (χ1v) is 7.28. The molecule has 0 spiro atoms. The van der Waals surface area contributed by atoms with Crippen LogP contribution in [0.15, 0.2) is 18.2 Å². The number of piperidine rings is 1. The Morgan fingerprint density at radius 2 is 2.00 bits per heavy atom. The number of hydrogen-bond acceptors (Lipinski definition) is 2. The summed E-state index contributed by atoms with van der Waals surface area (Å²) < 4.78 is 2.05. The van der Waals surface area contributed by atoms with Crippen molar-refractivity contribution in [3.8, 4) is 0 Å². The second kappa shape index (κ2) is 4.93. The van der Waals surface area contributed by atoms with Crippen molar-refractivity contribution in [1.82, 2.24) is 14.5 Å². The normalized spacial score (nSPS) is 16.9. The molecular weight excluding hydrogens is 250 g/mol. The SMILES string of the molecule is Cc1nc2cc(C(=O)N3CCC(C)CC3)ccc2n1C. The predicted octanol–water partition coefficient (Wildman–Crippen LogP) is 2.75. The van der Waals surface area contributed by atoms with Gasteiger partial charge in [-0.25, -0.2) is 4.98 Å². The van der Waals surface area contributed by atoms with Gasteiger partial charge < -0.3 is 9.47 Å². The molecule has 0 N–H and O–H groups in total. The third-order valence-corrected chi connectivity index (χ3v) is 4.42. The average molecular weight is 271 g/mol. The maximum absolute atomic E-state index is 12.5. The zero-order valence-electron chi connectivity index (χ0n) is 12.4. The fourth-order valence-electron chi connectivity index (χ4n) is 2.85.